The zero-order valence-electron chi connectivity index (χ0n) is 12.9. The predicted molar refractivity (Wildman–Crippen MR) is 85.3 cm³/mol. The number of unbranched alkanes of at least 4 members (excludes halogenated alkanes) is 3. The van der Waals surface area contributed by atoms with Gasteiger partial charge in [-0.05, 0) is 24.4 Å². The monoisotopic (exact) mass is 272 g/mol. The highest BCUT2D eigenvalue weighted by molar-refractivity contribution is 5.19. The summed E-state index contributed by atoms with van der Waals surface area (Å²) < 4.78 is 0. The molecule has 0 fully saturated rings. The number of rotatable bonds is 10. The molecule has 110 valence electrons. The van der Waals surface area contributed by atoms with E-state index in [-0.39, 0.29) is 6.04 Å². The van der Waals surface area contributed by atoms with Crippen molar-refractivity contribution in [1.82, 2.24) is 5.32 Å². The standard InChI is InChI=1S/C18H28N2/c1-16(2)10-6-3-4-9-15-20-18(13-14-19)17-11-7-5-8-12-17/h5,7-8,11-12,16,18,20H,3-4,6,9-10,13,15H2,1-2H3. The third-order valence-electron chi connectivity index (χ3n) is 3.60. The normalized spacial score (nSPS) is 12.3. The van der Waals surface area contributed by atoms with E-state index in [1.54, 1.807) is 0 Å². The van der Waals surface area contributed by atoms with Crippen LogP contribution in [0.15, 0.2) is 30.3 Å². The second-order valence-electron chi connectivity index (χ2n) is 5.88. The quantitative estimate of drug-likeness (QED) is 0.619. The molecular weight excluding hydrogens is 244 g/mol. The number of nitrogens with one attached hydrogen (secondary N) is 1. The van der Waals surface area contributed by atoms with Crippen LogP contribution in [0.1, 0.15) is 64.0 Å². The van der Waals surface area contributed by atoms with Crippen LogP contribution in [0.4, 0.5) is 0 Å². The van der Waals surface area contributed by atoms with Crippen molar-refractivity contribution < 1.29 is 0 Å². The molecular formula is C18H28N2. The maximum absolute atomic E-state index is 8.93. The molecule has 1 N–H and O–H groups in total. The van der Waals surface area contributed by atoms with Crippen LogP contribution in [0.2, 0.25) is 0 Å². The predicted octanol–water partition coefficient (Wildman–Crippen LogP) is 4.84. The van der Waals surface area contributed by atoms with Crippen LogP contribution in [0.5, 0.6) is 0 Å². The minimum atomic E-state index is 0.178. The van der Waals surface area contributed by atoms with Crippen LogP contribution in [-0.4, -0.2) is 6.54 Å². The molecule has 0 aliphatic carbocycles. The minimum Gasteiger partial charge on any atom is -0.309 e. The zero-order chi connectivity index (χ0) is 14.6. The molecule has 0 spiro atoms. The summed E-state index contributed by atoms with van der Waals surface area (Å²) in [5.74, 6) is 0.825. The zero-order valence-corrected chi connectivity index (χ0v) is 12.9. The van der Waals surface area contributed by atoms with Crippen molar-refractivity contribution in [2.24, 2.45) is 5.92 Å². The highest BCUT2D eigenvalue weighted by Crippen LogP contribution is 2.16. The first-order valence-corrected chi connectivity index (χ1v) is 7.89. The van der Waals surface area contributed by atoms with E-state index < -0.39 is 0 Å². The van der Waals surface area contributed by atoms with E-state index in [1.165, 1.54) is 37.7 Å². The lowest BCUT2D eigenvalue weighted by atomic mass is 10.0. The summed E-state index contributed by atoms with van der Waals surface area (Å²) in [4.78, 5) is 0. The summed E-state index contributed by atoms with van der Waals surface area (Å²) in [6.07, 6.45) is 7.04. The van der Waals surface area contributed by atoms with Gasteiger partial charge in [0, 0.05) is 6.04 Å². The first-order valence-electron chi connectivity index (χ1n) is 7.89. The third kappa shape index (κ3) is 7.31. The van der Waals surface area contributed by atoms with Crippen LogP contribution in [0.25, 0.3) is 0 Å². The lowest BCUT2D eigenvalue weighted by Crippen LogP contribution is -2.22. The molecule has 0 aliphatic heterocycles. The van der Waals surface area contributed by atoms with Crippen molar-refractivity contribution in [3.05, 3.63) is 35.9 Å². The summed E-state index contributed by atoms with van der Waals surface area (Å²) >= 11 is 0. The lowest BCUT2D eigenvalue weighted by molar-refractivity contribution is 0.490. The van der Waals surface area contributed by atoms with Crippen LogP contribution < -0.4 is 5.32 Å². The first-order chi connectivity index (χ1) is 9.74. The van der Waals surface area contributed by atoms with Gasteiger partial charge in [-0.3, -0.25) is 0 Å². The van der Waals surface area contributed by atoms with Gasteiger partial charge in [0.05, 0.1) is 12.5 Å². The Balaban J connectivity index is 2.19. The number of hydrogen-bond acceptors (Lipinski definition) is 2. The van der Waals surface area contributed by atoms with Gasteiger partial charge in [-0.15, -0.1) is 0 Å². The number of nitriles is 1. The second kappa shape index (κ2) is 10.5. The molecule has 0 amide bonds. The molecule has 1 aromatic carbocycles. The molecule has 0 heterocycles. The molecule has 0 aromatic heterocycles. The van der Waals surface area contributed by atoms with Crippen LogP contribution >= 0.6 is 0 Å². The molecule has 1 unspecified atom stereocenters. The number of benzene rings is 1. The average molecular weight is 272 g/mol. The SMILES string of the molecule is CC(C)CCCCCCNC(CC#N)c1ccccc1. The van der Waals surface area contributed by atoms with E-state index in [9.17, 15) is 0 Å². The molecule has 2 nitrogen and oxygen atoms in total. The van der Waals surface area contributed by atoms with E-state index in [0.29, 0.717) is 6.42 Å². The average Bonchev–Trinajstić information content (AvgIpc) is 2.45. The van der Waals surface area contributed by atoms with Gasteiger partial charge in [0.2, 0.25) is 0 Å². The van der Waals surface area contributed by atoms with Crippen LogP contribution in [0.3, 0.4) is 0 Å². The topological polar surface area (TPSA) is 35.8 Å². The van der Waals surface area contributed by atoms with Gasteiger partial charge in [-0.2, -0.15) is 5.26 Å². The van der Waals surface area contributed by atoms with Gasteiger partial charge in [0.25, 0.3) is 0 Å². The van der Waals surface area contributed by atoms with Crippen molar-refractivity contribution in [3.8, 4) is 6.07 Å². The second-order valence-corrected chi connectivity index (χ2v) is 5.88. The van der Waals surface area contributed by atoms with E-state index in [0.717, 1.165) is 12.5 Å². The highest BCUT2D eigenvalue weighted by atomic mass is 14.9. The summed E-state index contributed by atoms with van der Waals surface area (Å²) in [5, 5.41) is 12.4. The number of hydrogen-bond donors (Lipinski definition) is 1. The van der Waals surface area contributed by atoms with Gasteiger partial charge in [0.15, 0.2) is 0 Å². The summed E-state index contributed by atoms with van der Waals surface area (Å²) in [5.41, 5.74) is 1.22. The van der Waals surface area contributed by atoms with E-state index >= 15 is 0 Å². The molecule has 1 rings (SSSR count). The maximum Gasteiger partial charge on any atom is 0.0641 e. The fourth-order valence-electron chi connectivity index (χ4n) is 2.39. The minimum absolute atomic E-state index is 0.178. The van der Waals surface area contributed by atoms with E-state index in [2.05, 4.69) is 37.4 Å². The molecule has 0 aliphatic rings. The number of nitrogens with zero attached hydrogens (tertiary/aromatic N) is 1. The Labute approximate surface area is 124 Å². The highest BCUT2D eigenvalue weighted by Gasteiger charge is 2.09. The lowest BCUT2D eigenvalue weighted by Gasteiger charge is -2.16. The van der Waals surface area contributed by atoms with Crippen molar-refractivity contribution >= 4 is 0 Å². The fraction of sp³-hybridized carbons (Fsp3) is 0.611. The Morgan fingerprint density at radius 3 is 2.40 bits per heavy atom. The van der Waals surface area contributed by atoms with Gasteiger partial charge >= 0.3 is 0 Å². The van der Waals surface area contributed by atoms with E-state index in [1.807, 2.05) is 18.2 Å². The van der Waals surface area contributed by atoms with E-state index in [4.69, 9.17) is 5.26 Å². The Morgan fingerprint density at radius 2 is 1.75 bits per heavy atom. The Morgan fingerprint density at radius 1 is 1.05 bits per heavy atom. The summed E-state index contributed by atoms with van der Waals surface area (Å²) in [6.45, 7) is 5.57. The van der Waals surface area contributed by atoms with Crippen molar-refractivity contribution in [1.29, 1.82) is 5.26 Å². The maximum atomic E-state index is 8.93. The fourth-order valence-corrected chi connectivity index (χ4v) is 2.39. The van der Waals surface area contributed by atoms with Crippen molar-refractivity contribution in [2.45, 2.75) is 58.4 Å². The third-order valence-corrected chi connectivity index (χ3v) is 3.60. The molecule has 2 heteroatoms. The van der Waals surface area contributed by atoms with Crippen LogP contribution in [-0.2, 0) is 0 Å². The van der Waals surface area contributed by atoms with Crippen molar-refractivity contribution in [2.75, 3.05) is 6.54 Å². The molecule has 0 saturated carbocycles. The Kier molecular flexibility index (Phi) is 8.74. The van der Waals surface area contributed by atoms with Gasteiger partial charge in [-0.25, -0.2) is 0 Å². The molecule has 0 bridgehead atoms. The summed E-state index contributed by atoms with van der Waals surface area (Å²) in [7, 11) is 0. The first kappa shape index (κ1) is 16.7. The van der Waals surface area contributed by atoms with Gasteiger partial charge in [-0.1, -0.05) is 69.9 Å². The van der Waals surface area contributed by atoms with Crippen LogP contribution in [0, 0.1) is 17.2 Å². The van der Waals surface area contributed by atoms with Gasteiger partial charge < -0.3 is 5.32 Å². The summed E-state index contributed by atoms with van der Waals surface area (Å²) in [6, 6.07) is 12.7. The molecule has 0 radical (unpaired) electrons. The molecule has 0 saturated heterocycles. The Bertz CT molecular complexity index is 378. The van der Waals surface area contributed by atoms with Gasteiger partial charge in [0.1, 0.15) is 0 Å². The smallest absolute Gasteiger partial charge is 0.0641 e. The largest absolute Gasteiger partial charge is 0.309 e. The molecule has 1 aromatic rings. The van der Waals surface area contributed by atoms with Crippen molar-refractivity contribution in [3.63, 3.8) is 0 Å². The molecule has 1 atom stereocenters. The Hall–Kier alpha value is -1.33. The molecule has 20 heavy (non-hydrogen) atoms.